The molecular weight excluding hydrogens is 411 g/mol. The largest absolute Gasteiger partial charge is 0.494 e. The van der Waals surface area contributed by atoms with Gasteiger partial charge in [-0.2, -0.15) is 0 Å². The summed E-state index contributed by atoms with van der Waals surface area (Å²) in [5.41, 5.74) is 0.808. The van der Waals surface area contributed by atoms with Crippen LogP contribution in [0.1, 0.15) is 31.7 Å². The second kappa shape index (κ2) is 11.7. The van der Waals surface area contributed by atoms with Gasteiger partial charge in [0.15, 0.2) is 0 Å². The summed E-state index contributed by atoms with van der Waals surface area (Å²) in [6.07, 6.45) is 1.31. The second-order valence-corrected chi connectivity index (χ2v) is 7.40. The monoisotopic (exact) mass is 436 g/mol. The number of halogens is 2. The smallest absolute Gasteiger partial charge is 0.242 e. The Morgan fingerprint density at radius 1 is 1.10 bits per heavy atom. The maximum Gasteiger partial charge on any atom is 0.242 e. The van der Waals surface area contributed by atoms with E-state index in [1.165, 1.54) is 0 Å². The minimum atomic E-state index is -0.555. The van der Waals surface area contributed by atoms with Crippen molar-refractivity contribution in [3.63, 3.8) is 0 Å². The first-order valence-corrected chi connectivity index (χ1v) is 10.3. The number of nitrogens with one attached hydrogen (secondary N) is 1. The van der Waals surface area contributed by atoms with E-state index in [9.17, 15) is 9.59 Å². The van der Waals surface area contributed by atoms with E-state index in [1.54, 1.807) is 42.3 Å². The maximum atomic E-state index is 13.0. The first-order chi connectivity index (χ1) is 14.0. The highest BCUT2D eigenvalue weighted by Gasteiger charge is 2.28. The van der Waals surface area contributed by atoms with Gasteiger partial charge in [0.25, 0.3) is 0 Å². The summed E-state index contributed by atoms with van der Waals surface area (Å²) in [5, 5.41) is 3.86. The number of ether oxygens (including phenoxy) is 1. The first kappa shape index (κ1) is 23.0. The van der Waals surface area contributed by atoms with Crippen LogP contribution in [0.5, 0.6) is 5.75 Å². The minimum absolute atomic E-state index is 0.111. The number of nitrogens with zero attached hydrogens (tertiary/aromatic N) is 1. The van der Waals surface area contributed by atoms with Crippen LogP contribution in [0.15, 0.2) is 48.5 Å². The number of hydrogen-bond acceptors (Lipinski definition) is 3. The van der Waals surface area contributed by atoms with Gasteiger partial charge in [-0.3, -0.25) is 9.59 Å². The van der Waals surface area contributed by atoms with Gasteiger partial charge in [-0.1, -0.05) is 48.3 Å². The van der Waals surface area contributed by atoms with Crippen LogP contribution in [0.4, 0.5) is 0 Å². The van der Waals surface area contributed by atoms with Gasteiger partial charge < -0.3 is 15.0 Å². The van der Waals surface area contributed by atoms with Gasteiger partial charge in [0.05, 0.1) is 6.61 Å². The van der Waals surface area contributed by atoms with Crippen LogP contribution in [-0.4, -0.2) is 36.4 Å². The molecule has 0 bridgehead atoms. The summed E-state index contributed by atoms with van der Waals surface area (Å²) in [7, 11) is 1.57. The van der Waals surface area contributed by atoms with Crippen molar-refractivity contribution in [2.75, 3.05) is 13.7 Å². The van der Waals surface area contributed by atoms with Crippen molar-refractivity contribution in [3.8, 4) is 5.75 Å². The second-order valence-electron chi connectivity index (χ2n) is 6.56. The fourth-order valence-corrected chi connectivity index (χ4v) is 3.31. The Bertz CT molecular complexity index is 812. The predicted octanol–water partition coefficient (Wildman–Crippen LogP) is 4.71. The molecule has 2 amide bonds. The summed E-state index contributed by atoms with van der Waals surface area (Å²) in [6, 6.07) is 13.9. The Balaban J connectivity index is 2.02. The molecule has 2 aromatic carbocycles. The molecule has 0 aromatic heterocycles. The summed E-state index contributed by atoms with van der Waals surface area (Å²) in [4.78, 5) is 26.9. The van der Waals surface area contributed by atoms with E-state index in [0.29, 0.717) is 35.2 Å². The SMILES string of the molecule is CC[C@@H](C(=O)NC)N(Cc1ccccc1Cl)C(=O)CCCOc1ccc(Cl)cc1. The zero-order valence-corrected chi connectivity index (χ0v) is 18.2. The molecule has 156 valence electrons. The molecule has 0 aliphatic rings. The van der Waals surface area contributed by atoms with Crippen molar-refractivity contribution in [2.24, 2.45) is 0 Å². The predicted molar refractivity (Wildman–Crippen MR) is 116 cm³/mol. The van der Waals surface area contributed by atoms with Gasteiger partial charge in [0.1, 0.15) is 11.8 Å². The minimum Gasteiger partial charge on any atom is -0.494 e. The molecule has 7 heteroatoms. The molecule has 0 aliphatic heterocycles. The van der Waals surface area contributed by atoms with Crippen molar-refractivity contribution in [3.05, 3.63) is 64.1 Å². The lowest BCUT2D eigenvalue weighted by Crippen LogP contribution is -2.48. The molecule has 0 spiro atoms. The van der Waals surface area contributed by atoms with Crippen molar-refractivity contribution >= 4 is 35.0 Å². The zero-order valence-electron chi connectivity index (χ0n) is 16.7. The summed E-state index contributed by atoms with van der Waals surface area (Å²) in [6.45, 7) is 2.56. The normalized spacial score (nSPS) is 11.6. The summed E-state index contributed by atoms with van der Waals surface area (Å²) < 4.78 is 5.65. The highest BCUT2D eigenvalue weighted by Crippen LogP contribution is 2.21. The lowest BCUT2D eigenvalue weighted by molar-refractivity contribution is -0.141. The average molecular weight is 437 g/mol. The molecule has 0 saturated carbocycles. The maximum absolute atomic E-state index is 13.0. The molecule has 0 fully saturated rings. The Labute approximate surface area is 181 Å². The summed E-state index contributed by atoms with van der Waals surface area (Å²) >= 11 is 12.1. The third-order valence-electron chi connectivity index (χ3n) is 4.55. The van der Waals surface area contributed by atoms with E-state index < -0.39 is 6.04 Å². The number of rotatable bonds is 10. The number of likely N-dealkylation sites (N-methyl/N-ethyl adjacent to an activating group) is 1. The molecule has 0 radical (unpaired) electrons. The van der Waals surface area contributed by atoms with Crippen LogP contribution in [0.25, 0.3) is 0 Å². The number of benzene rings is 2. The fraction of sp³-hybridized carbons (Fsp3) is 0.364. The van der Waals surface area contributed by atoms with Crippen LogP contribution in [0.3, 0.4) is 0 Å². The third kappa shape index (κ3) is 6.94. The topological polar surface area (TPSA) is 58.6 Å². The molecule has 1 atom stereocenters. The van der Waals surface area contributed by atoms with Crippen LogP contribution in [0.2, 0.25) is 10.0 Å². The summed E-state index contributed by atoms with van der Waals surface area (Å²) in [5.74, 6) is 0.400. The molecule has 0 unspecified atom stereocenters. The van der Waals surface area contributed by atoms with Gasteiger partial charge in [-0.05, 0) is 48.7 Å². The van der Waals surface area contributed by atoms with Gasteiger partial charge in [0, 0.05) is 30.1 Å². The van der Waals surface area contributed by atoms with Crippen LogP contribution < -0.4 is 10.1 Å². The van der Waals surface area contributed by atoms with Crippen molar-refractivity contribution in [2.45, 2.75) is 38.8 Å². The lowest BCUT2D eigenvalue weighted by Gasteiger charge is -2.30. The Kier molecular flexibility index (Phi) is 9.29. The number of amides is 2. The standard InChI is InChI=1S/C22H26Cl2N2O3/c1-3-20(22(28)25-2)26(15-16-7-4-5-8-19(16)24)21(27)9-6-14-29-18-12-10-17(23)11-13-18/h4-5,7-8,10-13,20H,3,6,9,14-15H2,1-2H3,(H,25,28)/t20-/m0/s1. The number of carbonyl (C=O) groups excluding carboxylic acids is 2. The Hall–Kier alpha value is -2.24. The van der Waals surface area contributed by atoms with Gasteiger partial charge in [-0.15, -0.1) is 0 Å². The number of hydrogen-bond donors (Lipinski definition) is 1. The average Bonchev–Trinajstić information content (AvgIpc) is 2.73. The number of carbonyl (C=O) groups is 2. The Morgan fingerprint density at radius 3 is 2.41 bits per heavy atom. The molecule has 0 aliphatic carbocycles. The molecule has 0 saturated heterocycles. The molecule has 0 heterocycles. The Morgan fingerprint density at radius 2 is 1.79 bits per heavy atom. The van der Waals surface area contributed by atoms with Crippen molar-refractivity contribution in [1.29, 1.82) is 0 Å². The lowest BCUT2D eigenvalue weighted by atomic mass is 10.1. The highest BCUT2D eigenvalue weighted by molar-refractivity contribution is 6.31. The fourth-order valence-electron chi connectivity index (χ4n) is 2.98. The molecule has 2 aromatic rings. The van der Waals surface area contributed by atoms with E-state index >= 15 is 0 Å². The van der Waals surface area contributed by atoms with Crippen LogP contribution in [-0.2, 0) is 16.1 Å². The quantitative estimate of drug-likeness (QED) is 0.548. The highest BCUT2D eigenvalue weighted by atomic mass is 35.5. The van der Waals surface area contributed by atoms with Crippen molar-refractivity contribution < 1.29 is 14.3 Å². The van der Waals surface area contributed by atoms with Crippen LogP contribution >= 0.6 is 23.2 Å². The molecular formula is C22H26Cl2N2O3. The van der Waals surface area contributed by atoms with Gasteiger partial charge in [0.2, 0.25) is 11.8 Å². The first-order valence-electron chi connectivity index (χ1n) is 9.59. The third-order valence-corrected chi connectivity index (χ3v) is 5.17. The van der Waals surface area contributed by atoms with E-state index in [2.05, 4.69) is 5.32 Å². The van der Waals surface area contributed by atoms with Crippen LogP contribution in [0, 0.1) is 0 Å². The van der Waals surface area contributed by atoms with E-state index in [-0.39, 0.29) is 24.8 Å². The zero-order chi connectivity index (χ0) is 21.2. The molecule has 5 nitrogen and oxygen atoms in total. The molecule has 29 heavy (non-hydrogen) atoms. The van der Waals surface area contributed by atoms with E-state index in [0.717, 1.165) is 5.56 Å². The van der Waals surface area contributed by atoms with Gasteiger partial charge >= 0.3 is 0 Å². The van der Waals surface area contributed by atoms with E-state index in [1.807, 2.05) is 25.1 Å². The van der Waals surface area contributed by atoms with E-state index in [4.69, 9.17) is 27.9 Å². The van der Waals surface area contributed by atoms with Gasteiger partial charge in [-0.25, -0.2) is 0 Å². The molecule has 1 N–H and O–H groups in total. The van der Waals surface area contributed by atoms with Crippen molar-refractivity contribution in [1.82, 2.24) is 10.2 Å². The molecule has 2 rings (SSSR count).